The second-order valence-electron chi connectivity index (χ2n) is 9.59. The Hall–Kier alpha value is -3.34. The second-order valence-corrected chi connectivity index (χ2v) is 10.5. The number of pyridine rings is 1. The Kier molecular flexibility index (Phi) is 8.01. The smallest absolute Gasteiger partial charge is 0.251 e. The van der Waals surface area contributed by atoms with Crippen molar-refractivity contribution in [3.05, 3.63) is 53.7 Å². The number of hydrogen-bond donors (Lipinski definition) is 1. The third-order valence-electron chi connectivity index (χ3n) is 7.29. The van der Waals surface area contributed by atoms with E-state index in [1.54, 1.807) is 29.2 Å². The molecular weight excluding hydrogens is 498 g/mol. The lowest BCUT2D eigenvalue weighted by molar-refractivity contribution is 0.0938. The average Bonchev–Trinajstić information content (AvgIpc) is 3.72. The van der Waals surface area contributed by atoms with E-state index >= 15 is 0 Å². The molecule has 0 aromatic carbocycles. The highest BCUT2D eigenvalue weighted by Gasteiger charge is 2.25. The van der Waals surface area contributed by atoms with E-state index in [1.165, 1.54) is 0 Å². The number of amides is 1. The van der Waals surface area contributed by atoms with Gasteiger partial charge in [0.1, 0.15) is 5.82 Å². The topological polar surface area (TPSA) is 87.9 Å². The molecule has 5 heterocycles. The maximum absolute atomic E-state index is 13.4. The fourth-order valence-corrected chi connectivity index (χ4v) is 5.70. The van der Waals surface area contributed by atoms with Gasteiger partial charge < -0.3 is 15.0 Å². The first-order valence-corrected chi connectivity index (χ1v) is 14.1. The summed E-state index contributed by atoms with van der Waals surface area (Å²) >= 11 is 1.65. The van der Waals surface area contributed by atoms with E-state index in [-0.39, 0.29) is 18.1 Å². The molecule has 0 saturated carbocycles. The zero-order valence-corrected chi connectivity index (χ0v) is 23.2. The number of rotatable bonds is 10. The van der Waals surface area contributed by atoms with Gasteiger partial charge in [0.2, 0.25) is 0 Å². The van der Waals surface area contributed by atoms with Gasteiger partial charge in [-0.05, 0) is 56.1 Å². The van der Waals surface area contributed by atoms with Crippen LogP contribution in [-0.4, -0.2) is 82.4 Å². The quantitative estimate of drug-likeness (QED) is 0.327. The summed E-state index contributed by atoms with van der Waals surface area (Å²) in [6.45, 7) is 10.4. The van der Waals surface area contributed by atoms with Crippen molar-refractivity contribution in [2.75, 3.05) is 44.7 Å². The first-order valence-electron chi connectivity index (χ1n) is 13.2. The monoisotopic (exact) mass is 533 g/mol. The van der Waals surface area contributed by atoms with Gasteiger partial charge in [0.25, 0.3) is 5.91 Å². The fraction of sp³-hybridized carbons (Fsp3) is 0.429. The van der Waals surface area contributed by atoms with E-state index in [2.05, 4.69) is 47.1 Å². The average molecular weight is 534 g/mol. The van der Waals surface area contributed by atoms with Gasteiger partial charge in [-0.1, -0.05) is 19.9 Å². The molecule has 10 heteroatoms. The molecule has 9 nitrogen and oxygen atoms in total. The van der Waals surface area contributed by atoms with Crippen LogP contribution < -0.4 is 10.2 Å². The molecule has 4 aromatic heterocycles. The van der Waals surface area contributed by atoms with Crippen molar-refractivity contribution in [2.45, 2.75) is 39.3 Å². The maximum atomic E-state index is 13.4. The van der Waals surface area contributed by atoms with Crippen LogP contribution in [0, 0.1) is 0 Å². The summed E-state index contributed by atoms with van der Waals surface area (Å²) in [7, 11) is 1.74. The summed E-state index contributed by atoms with van der Waals surface area (Å²) in [5.74, 6) is 0.651. The van der Waals surface area contributed by atoms with Gasteiger partial charge in [0.15, 0.2) is 5.65 Å². The highest BCUT2D eigenvalue weighted by Crippen LogP contribution is 2.30. The van der Waals surface area contributed by atoms with E-state index in [4.69, 9.17) is 14.7 Å². The predicted molar refractivity (Wildman–Crippen MR) is 152 cm³/mol. The van der Waals surface area contributed by atoms with Crippen LogP contribution in [0.3, 0.4) is 0 Å². The Morgan fingerprint density at radius 2 is 2.08 bits per heavy atom. The van der Waals surface area contributed by atoms with E-state index < -0.39 is 0 Å². The van der Waals surface area contributed by atoms with E-state index in [0.717, 1.165) is 54.6 Å². The van der Waals surface area contributed by atoms with Gasteiger partial charge in [-0.25, -0.2) is 14.5 Å². The van der Waals surface area contributed by atoms with Crippen molar-refractivity contribution >= 4 is 28.7 Å². The van der Waals surface area contributed by atoms with Crippen molar-refractivity contribution in [1.82, 2.24) is 29.8 Å². The second kappa shape index (κ2) is 11.6. The largest absolute Gasteiger partial charge is 0.380 e. The van der Waals surface area contributed by atoms with Crippen LogP contribution in [0.25, 0.3) is 27.5 Å². The molecule has 0 spiro atoms. The Morgan fingerprint density at radius 1 is 1.24 bits per heavy atom. The molecule has 0 bridgehead atoms. The van der Waals surface area contributed by atoms with Gasteiger partial charge in [0.05, 0.1) is 34.1 Å². The molecule has 200 valence electrons. The molecule has 1 amide bonds. The summed E-state index contributed by atoms with van der Waals surface area (Å²) in [6, 6.07) is 10.0. The van der Waals surface area contributed by atoms with Crippen LogP contribution in [0.5, 0.6) is 0 Å². The minimum atomic E-state index is -0.111. The van der Waals surface area contributed by atoms with Crippen molar-refractivity contribution < 1.29 is 9.53 Å². The highest BCUT2D eigenvalue weighted by atomic mass is 32.1. The first kappa shape index (κ1) is 26.3. The number of fused-ring (bicyclic) bond motifs is 1. The molecule has 2 atom stereocenters. The molecule has 4 aromatic rings. The van der Waals surface area contributed by atoms with Crippen LogP contribution in [0.4, 0.5) is 5.82 Å². The Bertz CT molecular complexity index is 1380. The normalized spacial score (nSPS) is 16.4. The number of carbonyl (C=O) groups is 1. The number of hydrogen-bond acceptors (Lipinski definition) is 8. The molecule has 38 heavy (non-hydrogen) atoms. The van der Waals surface area contributed by atoms with Gasteiger partial charge in [0, 0.05) is 44.5 Å². The van der Waals surface area contributed by atoms with Crippen LogP contribution in [0.1, 0.15) is 37.6 Å². The third-order valence-corrected chi connectivity index (χ3v) is 8.18. The molecule has 5 rings (SSSR count). The van der Waals surface area contributed by atoms with Crippen molar-refractivity contribution in [2.24, 2.45) is 0 Å². The highest BCUT2D eigenvalue weighted by molar-refractivity contribution is 7.13. The lowest BCUT2D eigenvalue weighted by atomic mass is 10.1. The Balaban J connectivity index is 1.51. The zero-order valence-electron chi connectivity index (χ0n) is 22.4. The molecule has 1 N–H and O–H groups in total. The predicted octanol–water partition coefficient (Wildman–Crippen LogP) is 4.21. The van der Waals surface area contributed by atoms with E-state index in [9.17, 15) is 4.79 Å². The summed E-state index contributed by atoms with van der Waals surface area (Å²) < 4.78 is 7.34. The number of thiophene rings is 1. The van der Waals surface area contributed by atoms with Crippen LogP contribution in [0.2, 0.25) is 0 Å². The number of nitrogens with zero attached hydrogens (tertiary/aromatic N) is 6. The summed E-state index contributed by atoms with van der Waals surface area (Å²) in [4.78, 5) is 28.9. The van der Waals surface area contributed by atoms with Crippen molar-refractivity contribution in [3.8, 4) is 21.8 Å². The van der Waals surface area contributed by atoms with Crippen molar-refractivity contribution in [1.29, 1.82) is 0 Å². The molecule has 0 aliphatic carbocycles. The summed E-state index contributed by atoms with van der Waals surface area (Å²) in [5, 5.41) is 9.70. The number of aromatic nitrogens is 4. The van der Waals surface area contributed by atoms with E-state index in [0.29, 0.717) is 23.4 Å². The number of anilines is 1. The zero-order chi connectivity index (χ0) is 26.6. The molecule has 2 unspecified atom stereocenters. The lowest BCUT2D eigenvalue weighted by Gasteiger charge is -2.26. The number of ether oxygens (including phenoxy) is 1. The number of carbonyl (C=O) groups excluding carboxylic acids is 1. The van der Waals surface area contributed by atoms with Crippen LogP contribution in [-0.2, 0) is 4.74 Å². The number of nitrogens with one attached hydrogen (secondary N) is 1. The molecule has 1 saturated heterocycles. The maximum Gasteiger partial charge on any atom is 0.251 e. The number of methoxy groups -OCH3 is 1. The SMILES string of the molecule is CCN(CC)C(C)CNC(=O)c1cc(-c2cnn3ccc(-c4cccs4)nc23)nc(N2CCC(OC)C2)c1. The van der Waals surface area contributed by atoms with Gasteiger partial charge in [-0.15, -0.1) is 11.3 Å². The third kappa shape index (κ3) is 5.43. The minimum absolute atomic E-state index is 0.111. The Morgan fingerprint density at radius 3 is 2.79 bits per heavy atom. The first-order chi connectivity index (χ1) is 18.5. The summed E-state index contributed by atoms with van der Waals surface area (Å²) in [5.41, 5.74) is 3.63. The van der Waals surface area contributed by atoms with Crippen LogP contribution >= 0.6 is 11.3 Å². The van der Waals surface area contributed by atoms with Crippen LogP contribution in [0.15, 0.2) is 48.1 Å². The summed E-state index contributed by atoms with van der Waals surface area (Å²) in [6.07, 6.45) is 4.77. The van der Waals surface area contributed by atoms with E-state index in [1.807, 2.05) is 35.8 Å². The molecule has 1 aliphatic heterocycles. The van der Waals surface area contributed by atoms with Gasteiger partial charge in [-0.3, -0.25) is 9.69 Å². The molecule has 1 aliphatic rings. The molecule has 1 fully saturated rings. The molecular formula is C28H35N7O2S. The molecule has 0 radical (unpaired) electrons. The number of likely N-dealkylation sites (N-methyl/N-ethyl adjacent to an activating group) is 1. The Labute approximate surface area is 227 Å². The lowest BCUT2D eigenvalue weighted by Crippen LogP contribution is -2.42. The standard InChI is InChI=1S/C28H35N7O2S/c1-5-33(6-2)19(3)16-29-28(36)20-14-24(31-26(15-20)34-11-9-21(18-34)37-4)22-17-30-35-12-10-23(32-27(22)35)25-8-7-13-38-25/h7-8,10,12-15,17,19,21H,5-6,9,11,16,18H2,1-4H3,(H,29,36). The fourth-order valence-electron chi connectivity index (χ4n) is 5.01. The van der Waals surface area contributed by atoms with Gasteiger partial charge in [-0.2, -0.15) is 5.10 Å². The minimum Gasteiger partial charge on any atom is -0.380 e. The van der Waals surface area contributed by atoms with Crippen molar-refractivity contribution in [3.63, 3.8) is 0 Å². The van der Waals surface area contributed by atoms with Gasteiger partial charge >= 0.3 is 0 Å².